The van der Waals surface area contributed by atoms with Crippen LogP contribution in [0.3, 0.4) is 0 Å². The molecule has 118 valence electrons. The number of benzene rings is 1. The Hall–Kier alpha value is -1.30. The predicted octanol–water partition coefficient (Wildman–Crippen LogP) is 2.90. The van der Waals surface area contributed by atoms with Crippen LogP contribution in [0.15, 0.2) is 18.2 Å². The second-order valence-electron chi connectivity index (χ2n) is 6.24. The number of nitrogens with one attached hydrogen (secondary N) is 1. The first-order valence-electron chi connectivity index (χ1n) is 6.72. The molecule has 0 aliphatic carbocycles. The summed E-state index contributed by atoms with van der Waals surface area (Å²) in [5.41, 5.74) is 5.76. The lowest BCUT2D eigenvalue weighted by Gasteiger charge is -2.27. The zero-order chi connectivity index (χ0) is 16.3. The van der Waals surface area contributed by atoms with E-state index >= 15 is 0 Å². The molecule has 0 saturated carbocycles. The normalized spacial score (nSPS) is 14.4. The molecular weight excluding hydrogens is 292 g/mol. The average Bonchev–Trinajstić information content (AvgIpc) is 2.38. The van der Waals surface area contributed by atoms with E-state index < -0.39 is 17.1 Å². The number of ether oxygens (including phenoxy) is 1. The van der Waals surface area contributed by atoms with E-state index in [9.17, 15) is 9.90 Å². The van der Waals surface area contributed by atoms with Crippen molar-refractivity contribution >= 4 is 23.4 Å². The van der Waals surface area contributed by atoms with Crippen LogP contribution in [0.1, 0.15) is 33.3 Å². The molecule has 0 heterocycles. The van der Waals surface area contributed by atoms with Gasteiger partial charge in [-0.15, -0.1) is 0 Å². The van der Waals surface area contributed by atoms with Gasteiger partial charge in [-0.05, 0) is 38.5 Å². The Balaban J connectivity index is 3.01. The molecule has 1 atom stereocenters. The summed E-state index contributed by atoms with van der Waals surface area (Å²) in [5, 5.41) is 12.5. The number of hydrogen-bond donors (Lipinski definition) is 3. The lowest BCUT2D eigenvalue weighted by Crippen LogP contribution is -2.35. The first kappa shape index (κ1) is 17.8. The summed E-state index contributed by atoms with van der Waals surface area (Å²) in [6, 6.07) is 5.15. The molecule has 5 nitrogen and oxygen atoms in total. The maximum absolute atomic E-state index is 11.8. The highest BCUT2D eigenvalue weighted by molar-refractivity contribution is 6.33. The maximum Gasteiger partial charge on any atom is 0.412 e. The minimum Gasteiger partial charge on any atom is -0.444 e. The summed E-state index contributed by atoms with van der Waals surface area (Å²) in [5.74, 6) is 0. The van der Waals surface area contributed by atoms with Crippen LogP contribution in [-0.4, -0.2) is 30.0 Å². The molecule has 0 aliphatic heterocycles. The second kappa shape index (κ2) is 6.64. The minimum absolute atomic E-state index is 0.100. The van der Waals surface area contributed by atoms with E-state index in [0.717, 1.165) is 5.56 Å². The summed E-state index contributed by atoms with van der Waals surface area (Å²) in [4.78, 5) is 11.8. The molecule has 0 fully saturated rings. The number of aliphatic hydroxyl groups excluding tert-OH is 1. The largest absolute Gasteiger partial charge is 0.444 e. The Morgan fingerprint density at radius 3 is 2.48 bits per heavy atom. The van der Waals surface area contributed by atoms with Crippen molar-refractivity contribution in [2.24, 2.45) is 5.73 Å². The van der Waals surface area contributed by atoms with Crippen molar-refractivity contribution in [2.75, 3.05) is 18.5 Å². The van der Waals surface area contributed by atoms with Crippen molar-refractivity contribution in [2.45, 2.75) is 38.7 Å². The quantitative estimate of drug-likeness (QED) is 0.797. The third kappa shape index (κ3) is 4.88. The molecule has 0 spiro atoms. The lowest BCUT2D eigenvalue weighted by molar-refractivity contribution is 0.0636. The molecule has 0 bridgehead atoms. The Morgan fingerprint density at radius 1 is 1.38 bits per heavy atom. The SMILES string of the molecule is CC(C)(C)OC(=O)Nc1cc(C(C)(CN)CO)ccc1Cl. The number of halogens is 1. The number of hydrogen-bond acceptors (Lipinski definition) is 4. The van der Waals surface area contributed by atoms with Crippen molar-refractivity contribution < 1.29 is 14.6 Å². The smallest absolute Gasteiger partial charge is 0.412 e. The van der Waals surface area contributed by atoms with Gasteiger partial charge in [0.05, 0.1) is 17.3 Å². The van der Waals surface area contributed by atoms with Crippen LogP contribution < -0.4 is 11.1 Å². The van der Waals surface area contributed by atoms with Gasteiger partial charge < -0.3 is 15.6 Å². The molecule has 0 radical (unpaired) electrons. The van der Waals surface area contributed by atoms with Crippen LogP contribution in [0.5, 0.6) is 0 Å². The van der Waals surface area contributed by atoms with Crippen LogP contribution in [0, 0.1) is 0 Å². The van der Waals surface area contributed by atoms with Gasteiger partial charge >= 0.3 is 6.09 Å². The predicted molar refractivity (Wildman–Crippen MR) is 84.8 cm³/mol. The molecule has 1 unspecified atom stereocenters. The lowest BCUT2D eigenvalue weighted by atomic mass is 9.83. The molecule has 21 heavy (non-hydrogen) atoms. The summed E-state index contributed by atoms with van der Waals surface area (Å²) in [7, 11) is 0. The van der Waals surface area contributed by atoms with Gasteiger partial charge in [0.25, 0.3) is 0 Å². The van der Waals surface area contributed by atoms with Gasteiger partial charge in [-0.2, -0.15) is 0 Å². The highest BCUT2D eigenvalue weighted by Crippen LogP contribution is 2.30. The van der Waals surface area contributed by atoms with Crippen LogP contribution in [0.2, 0.25) is 5.02 Å². The number of carbonyl (C=O) groups excluding carboxylic acids is 1. The van der Waals surface area contributed by atoms with E-state index in [0.29, 0.717) is 10.7 Å². The number of rotatable bonds is 4. The molecule has 0 saturated heterocycles. The first-order valence-corrected chi connectivity index (χ1v) is 7.10. The molecule has 6 heteroatoms. The standard InChI is InChI=1S/C15H23ClN2O3/c1-14(2,3)21-13(20)18-12-7-10(5-6-11(12)16)15(4,8-17)9-19/h5-7,19H,8-9,17H2,1-4H3,(H,18,20). The van der Waals surface area contributed by atoms with Crippen LogP contribution in [-0.2, 0) is 10.2 Å². The van der Waals surface area contributed by atoms with Crippen molar-refractivity contribution in [1.82, 2.24) is 0 Å². The summed E-state index contributed by atoms with van der Waals surface area (Å²) in [6.45, 7) is 7.35. The third-order valence-electron chi connectivity index (χ3n) is 3.10. The van der Waals surface area contributed by atoms with E-state index in [1.807, 2.05) is 6.92 Å². The van der Waals surface area contributed by atoms with Crippen molar-refractivity contribution in [1.29, 1.82) is 0 Å². The molecule has 1 amide bonds. The fraction of sp³-hybridized carbons (Fsp3) is 0.533. The fourth-order valence-electron chi connectivity index (χ4n) is 1.68. The van der Waals surface area contributed by atoms with E-state index in [-0.39, 0.29) is 13.2 Å². The van der Waals surface area contributed by atoms with E-state index in [1.54, 1.807) is 39.0 Å². The van der Waals surface area contributed by atoms with Crippen LogP contribution in [0.4, 0.5) is 10.5 Å². The topological polar surface area (TPSA) is 84.6 Å². The van der Waals surface area contributed by atoms with Gasteiger partial charge in [-0.25, -0.2) is 4.79 Å². The molecule has 4 N–H and O–H groups in total. The molecule has 1 aromatic carbocycles. The molecule has 0 aliphatic rings. The number of aliphatic hydroxyl groups is 1. The summed E-state index contributed by atoms with van der Waals surface area (Å²) in [6.07, 6.45) is -0.583. The van der Waals surface area contributed by atoms with Crippen molar-refractivity contribution in [3.05, 3.63) is 28.8 Å². The Morgan fingerprint density at radius 2 is 2.00 bits per heavy atom. The van der Waals surface area contributed by atoms with Gasteiger partial charge in [0.15, 0.2) is 0 Å². The monoisotopic (exact) mass is 314 g/mol. The van der Waals surface area contributed by atoms with Crippen LogP contribution >= 0.6 is 11.6 Å². The van der Waals surface area contributed by atoms with Crippen LogP contribution in [0.25, 0.3) is 0 Å². The zero-order valence-electron chi connectivity index (χ0n) is 12.9. The Bertz CT molecular complexity index is 508. The molecule has 1 rings (SSSR count). The van der Waals surface area contributed by atoms with E-state index in [2.05, 4.69) is 5.32 Å². The highest BCUT2D eigenvalue weighted by Gasteiger charge is 2.25. The van der Waals surface area contributed by atoms with Gasteiger partial charge in [0, 0.05) is 12.0 Å². The Labute approximate surface area is 130 Å². The highest BCUT2D eigenvalue weighted by atomic mass is 35.5. The number of anilines is 1. The Kier molecular flexibility index (Phi) is 5.61. The number of carbonyl (C=O) groups is 1. The molecular formula is C15H23ClN2O3. The number of nitrogens with two attached hydrogens (primary N) is 1. The molecule has 1 aromatic rings. The maximum atomic E-state index is 11.8. The van der Waals surface area contributed by atoms with Crippen molar-refractivity contribution in [3.63, 3.8) is 0 Å². The van der Waals surface area contributed by atoms with Crippen molar-refractivity contribution in [3.8, 4) is 0 Å². The minimum atomic E-state index is -0.592. The summed E-state index contributed by atoms with van der Waals surface area (Å²) >= 11 is 6.08. The molecule has 0 aromatic heterocycles. The van der Waals surface area contributed by atoms with E-state index in [1.165, 1.54) is 0 Å². The number of amides is 1. The second-order valence-corrected chi connectivity index (χ2v) is 6.65. The van der Waals surface area contributed by atoms with Gasteiger partial charge in [0.2, 0.25) is 0 Å². The summed E-state index contributed by atoms with van der Waals surface area (Å²) < 4.78 is 5.19. The third-order valence-corrected chi connectivity index (χ3v) is 3.43. The van der Waals surface area contributed by atoms with Gasteiger partial charge in [0.1, 0.15) is 5.60 Å². The van der Waals surface area contributed by atoms with Gasteiger partial charge in [-0.1, -0.05) is 24.6 Å². The van der Waals surface area contributed by atoms with Gasteiger partial charge in [-0.3, -0.25) is 5.32 Å². The fourth-order valence-corrected chi connectivity index (χ4v) is 1.85. The first-order chi connectivity index (χ1) is 9.61. The average molecular weight is 315 g/mol. The van der Waals surface area contributed by atoms with E-state index in [4.69, 9.17) is 22.1 Å². The zero-order valence-corrected chi connectivity index (χ0v) is 13.6.